The minimum atomic E-state index is -0.153. The van der Waals surface area contributed by atoms with E-state index in [1.165, 1.54) is 4.57 Å². The zero-order chi connectivity index (χ0) is 12.7. The zero-order valence-electron chi connectivity index (χ0n) is 10.1. The molecule has 3 rings (SSSR count). The number of fused-ring (bicyclic) bond motifs is 1. The fourth-order valence-electron chi connectivity index (χ4n) is 2.05. The molecule has 0 aromatic carbocycles. The molecule has 0 radical (unpaired) electrons. The summed E-state index contributed by atoms with van der Waals surface area (Å²) in [5.41, 5.74) is 4.12. The summed E-state index contributed by atoms with van der Waals surface area (Å²) < 4.78 is 1.51. The smallest absolute Gasteiger partial charge is 0.304 e. The van der Waals surface area contributed by atoms with Gasteiger partial charge in [0.25, 0.3) is 0 Å². The first-order valence-electron chi connectivity index (χ1n) is 5.63. The maximum absolute atomic E-state index is 11.6. The van der Waals surface area contributed by atoms with Gasteiger partial charge >= 0.3 is 5.69 Å². The van der Waals surface area contributed by atoms with Gasteiger partial charge in [-0.15, -0.1) is 0 Å². The van der Waals surface area contributed by atoms with E-state index < -0.39 is 0 Å². The number of pyridine rings is 2. The van der Waals surface area contributed by atoms with Crippen LogP contribution in [0.1, 0.15) is 5.69 Å². The lowest BCUT2D eigenvalue weighted by Crippen LogP contribution is -2.12. The second-order valence-corrected chi connectivity index (χ2v) is 4.22. The summed E-state index contributed by atoms with van der Waals surface area (Å²) in [6.07, 6.45) is 3.52. The molecular weight excluding hydrogens is 228 g/mol. The molecule has 0 aliphatic carbocycles. The van der Waals surface area contributed by atoms with Gasteiger partial charge in [-0.2, -0.15) is 0 Å². The molecule has 90 valence electrons. The molecule has 0 bridgehead atoms. The summed E-state index contributed by atoms with van der Waals surface area (Å²) in [4.78, 5) is 22.9. The molecule has 0 unspecified atom stereocenters. The largest absolute Gasteiger partial charge is 0.327 e. The molecule has 0 amide bonds. The Morgan fingerprint density at radius 1 is 1.39 bits per heavy atom. The molecule has 18 heavy (non-hydrogen) atoms. The van der Waals surface area contributed by atoms with Crippen LogP contribution in [-0.2, 0) is 7.05 Å². The third-order valence-corrected chi connectivity index (χ3v) is 3.03. The Morgan fingerprint density at radius 2 is 2.22 bits per heavy atom. The van der Waals surface area contributed by atoms with Crippen LogP contribution in [-0.4, -0.2) is 19.5 Å². The SMILES string of the molecule is Cc1nc2c(cc1-c1cccnc1)[nH]c(=O)n2C. The van der Waals surface area contributed by atoms with Crippen LogP contribution in [0, 0.1) is 6.92 Å². The van der Waals surface area contributed by atoms with Gasteiger partial charge in [0.05, 0.1) is 5.52 Å². The van der Waals surface area contributed by atoms with Crippen molar-refractivity contribution in [3.05, 3.63) is 46.8 Å². The Kier molecular flexibility index (Phi) is 2.26. The second kappa shape index (κ2) is 3.80. The number of aryl methyl sites for hydroxylation is 2. The number of hydrogen-bond donors (Lipinski definition) is 1. The molecule has 0 saturated carbocycles. The first kappa shape index (κ1) is 10.7. The minimum absolute atomic E-state index is 0.153. The van der Waals surface area contributed by atoms with E-state index in [2.05, 4.69) is 15.0 Å². The van der Waals surface area contributed by atoms with Crippen molar-refractivity contribution < 1.29 is 0 Å². The molecule has 0 aliphatic heterocycles. The molecule has 1 N–H and O–H groups in total. The first-order chi connectivity index (χ1) is 8.66. The van der Waals surface area contributed by atoms with Crippen molar-refractivity contribution in [3.63, 3.8) is 0 Å². The number of aromatic nitrogens is 4. The average molecular weight is 240 g/mol. The zero-order valence-corrected chi connectivity index (χ0v) is 10.1. The Bertz CT molecular complexity index is 771. The van der Waals surface area contributed by atoms with Crippen LogP contribution in [0.15, 0.2) is 35.4 Å². The molecule has 0 saturated heterocycles. The third kappa shape index (κ3) is 1.52. The lowest BCUT2D eigenvalue weighted by Gasteiger charge is -2.05. The van der Waals surface area contributed by atoms with Gasteiger partial charge in [-0.05, 0) is 19.1 Å². The van der Waals surface area contributed by atoms with Gasteiger partial charge in [0.1, 0.15) is 0 Å². The van der Waals surface area contributed by atoms with Crippen molar-refractivity contribution in [1.82, 2.24) is 19.5 Å². The number of H-pyrrole nitrogens is 1. The highest BCUT2D eigenvalue weighted by Crippen LogP contribution is 2.23. The Morgan fingerprint density at radius 3 is 2.94 bits per heavy atom. The molecule has 3 heterocycles. The van der Waals surface area contributed by atoms with Crippen LogP contribution in [0.5, 0.6) is 0 Å². The maximum Gasteiger partial charge on any atom is 0.327 e. The van der Waals surface area contributed by atoms with Crippen LogP contribution in [0.2, 0.25) is 0 Å². The summed E-state index contributed by atoms with van der Waals surface area (Å²) in [6, 6.07) is 5.80. The summed E-state index contributed by atoms with van der Waals surface area (Å²) in [6.45, 7) is 1.93. The summed E-state index contributed by atoms with van der Waals surface area (Å²) in [5.74, 6) is 0. The number of rotatable bonds is 1. The molecule has 5 nitrogen and oxygen atoms in total. The Balaban J connectivity index is 2.32. The molecule has 0 atom stereocenters. The van der Waals surface area contributed by atoms with Crippen LogP contribution < -0.4 is 5.69 Å². The number of imidazole rings is 1. The number of nitrogens with one attached hydrogen (secondary N) is 1. The highest BCUT2D eigenvalue weighted by atomic mass is 16.1. The summed E-state index contributed by atoms with van der Waals surface area (Å²) >= 11 is 0. The van der Waals surface area contributed by atoms with Crippen LogP contribution >= 0.6 is 0 Å². The van der Waals surface area contributed by atoms with Gasteiger partial charge in [0, 0.05) is 36.3 Å². The second-order valence-electron chi connectivity index (χ2n) is 4.22. The van der Waals surface area contributed by atoms with Gasteiger partial charge in [0.15, 0.2) is 5.65 Å². The Hall–Kier alpha value is -2.43. The van der Waals surface area contributed by atoms with Crippen LogP contribution in [0.3, 0.4) is 0 Å². The van der Waals surface area contributed by atoms with E-state index in [-0.39, 0.29) is 5.69 Å². The normalized spacial score (nSPS) is 11.0. The van der Waals surface area contributed by atoms with Crippen molar-refractivity contribution in [2.75, 3.05) is 0 Å². The van der Waals surface area contributed by atoms with E-state index in [1.54, 1.807) is 19.4 Å². The molecule has 0 fully saturated rings. The predicted molar refractivity (Wildman–Crippen MR) is 69.3 cm³/mol. The maximum atomic E-state index is 11.6. The lowest BCUT2D eigenvalue weighted by molar-refractivity contribution is 0.876. The van der Waals surface area contributed by atoms with E-state index in [0.717, 1.165) is 22.3 Å². The highest BCUT2D eigenvalue weighted by molar-refractivity contribution is 5.79. The molecule has 5 heteroatoms. The molecular formula is C13H12N4O. The Labute approximate surface area is 103 Å². The van der Waals surface area contributed by atoms with Gasteiger partial charge in [-0.25, -0.2) is 9.78 Å². The fourth-order valence-corrected chi connectivity index (χ4v) is 2.05. The van der Waals surface area contributed by atoms with E-state index in [0.29, 0.717) is 5.65 Å². The van der Waals surface area contributed by atoms with Crippen LogP contribution in [0.4, 0.5) is 0 Å². The number of aromatic amines is 1. The van der Waals surface area contributed by atoms with E-state index >= 15 is 0 Å². The monoisotopic (exact) mass is 240 g/mol. The molecule has 0 aliphatic rings. The summed E-state index contributed by atoms with van der Waals surface area (Å²) in [7, 11) is 1.71. The van der Waals surface area contributed by atoms with Gasteiger partial charge in [0.2, 0.25) is 0 Å². The third-order valence-electron chi connectivity index (χ3n) is 3.03. The predicted octanol–water partition coefficient (Wildman–Crippen LogP) is 1.63. The van der Waals surface area contributed by atoms with Crippen molar-refractivity contribution in [2.24, 2.45) is 7.05 Å². The summed E-state index contributed by atoms with van der Waals surface area (Å²) in [5, 5.41) is 0. The highest BCUT2D eigenvalue weighted by Gasteiger charge is 2.10. The molecule has 3 aromatic heterocycles. The van der Waals surface area contributed by atoms with E-state index in [9.17, 15) is 4.79 Å². The molecule has 0 spiro atoms. The standard InChI is InChI=1S/C13H12N4O/c1-8-10(9-4-3-5-14-7-9)6-11-12(15-8)17(2)13(18)16-11/h3-7H,1-2H3,(H,16,18). The van der Waals surface area contributed by atoms with Crippen molar-refractivity contribution >= 4 is 11.2 Å². The number of hydrogen-bond acceptors (Lipinski definition) is 3. The number of nitrogens with zero attached hydrogens (tertiary/aromatic N) is 3. The molecule has 3 aromatic rings. The van der Waals surface area contributed by atoms with Gasteiger partial charge in [-0.1, -0.05) is 6.07 Å². The quantitative estimate of drug-likeness (QED) is 0.703. The van der Waals surface area contributed by atoms with Crippen LogP contribution in [0.25, 0.3) is 22.3 Å². The van der Waals surface area contributed by atoms with Gasteiger partial charge in [-0.3, -0.25) is 9.55 Å². The van der Waals surface area contributed by atoms with Crippen molar-refractivity contribution in [3.8, 4) is 11.1 Å². The lowest BCUT2D eigenvalue weighted by atomic mass is 10.1. The fraction of sp³-hybridized carbons (Fsp3) is 0.154. The van der Waals surface area contributed by atoms with E-state index in [4.69, 9.17) is 0 Å². The average Bonchev–Trinajstić information content (AvgIpc) is 2.66. The van der Waals surface area contributed by atoms with Crippen molar-refractivity contribution in [2.45, 2.75) is 6.92 Å². The topological polar surface area (TPSA) is 63.6 Å². The van der Waals surface area contributed by atoms with Gasteiger partial charge < -0.3 is 4.98 Å². The van der Waals surface area contributed by atoms with Crippen molar-refractivity contribution in [1.29, 1.82) is 0 Å². The van der Waals surface area contributed by atoms with E-state index in [1.807, 2.05) is 25.1 Å². The minimum Gasteiger partial charge on any atom is -0.304 e. The first-order valence-corrected chi connectivity index (χ1v) is 5.63.